The van der Waals surface area contributed by atoms with E-state index in [9.17, 15) is 9.18 Å². The fourth-order valence-corrected chi connectivity index (χ4v) is 2.05. The summed E-state index contributed by atoms with van der Waals surface area (Å²) in [4.78, 5) is 16.2. The van der Waals surface area contributed by atoms with Crippen LogP contribution in [0.5, 0.6) is 5.75 Å². The minimum atomic E-state index is -0.525. The van der Waals surface area contributed by atoms with Crippen LogP contribution < -0.4 is 15.4 Å². The number of carbonyl (C=O) groups excluding carboxylic acids is 1. The van der Waals surface area contributed by atoms with Crippen LogP contribution in [0.25, 0.3) is 5.82 Å². The number of nitrogens with zero attached hydrogens (tertiary/aromatic N) is 3. The molecule has 0 fully saturated rings. The molecule has 0 atom stereocenters. The highest BCUT2D eigenvalue weighted by molar-refractivity contribution is 5.99. The van der Waals surface area contributed by atoms with Gasteiger partial charge in [0.2, 0.25) is 0 Å². The van der Waals surface area contributed by atoms with E-state index in [1.54, 1.807) is 24.5 Å². The van der Waals surface area contributed by atoms with Gasteiger partial charge in [-0.05, 0) is 18.2 Å². The van der Waals surface area contributed by atoms with Gasteiger partial charge in [0, 0.05) is 24.0 Å². The molecule has 24 heavy (non-hydrogen) atoms. The molecule has 0 saturated heterocycles. The van der Waals surface area contributed by atoms with E-state index in [-0.39, 0.29) is 5.69 Å². The monoisotopic (exact) mass is 327 g/mol. The first-order chi connectivity index (χ1) is 11.6. The van der Waals surface area contributed by atoms with Crippen molar-refractivity contribution in [3.8, 4) is 11.6 Å². The number of ether oxygens (including phenoxy) is 1. The summed E-state index contributed by atoms with van der Waals surface area (Å²) in [5.41, 5.74) is 0.753. The summed E-state index contributed by atoms with van der Waals surface area (Å²) in [7, 11) is 1.42. The van der Waals surface area contributed by atoms with Crippen molar-refractivity contribution in [2.24, 2.45) is 0 Å². The van der Waals surface area contributed by atoms with Crippen LogP contribution in [0, 0.1) is 5.82 Å². The van der Waals surface area contributed by atoms with Crippen molar-refractivity contribution in [1.29, 1.82) is 0 Å². The minimum Gasteiger partial charge on any atom is -0.497 e. The van der Waals surface area contributed by atoms with E-state index < -0.39 is 11.8 Å². The molecule has 2 aromatic heterocycles. The smallest absolute Gasteiger partial charge is 0.323 e. The molecular formula is C16H14FN5O2. The molecule has 3 rings (SSSR count). The van der Waals surface area contributed by atoms with E-state index in [0.29, 0.717) is 17.3 Å². The summed E-state index contributed by atoms with van der Waals surface area (Å²) in [6, 6.07) is 8.83. The number of hydrogen-bond donors (Lipinski definition) is 2. The van der Waals surface area contributed by atoms with E-state index in [1.807, 2.05) is 6.07 Å². The van der Waals surface area contributed by atoms with Gasteiger partial charge in [0.05, 0.1) is 25.2 Å². The molecule has 0 spiro atoms. The van der Waals surface area contributed by atoms with Gasteiger partial charge >= 0.3 is 6.03 Å². The average molecular weight is 327 g/mol. The highest BCUT2D eigenvalue weighted by Gasteiger charge is 2.08. The summed E-state index contributed by atoms with van der Waals surface area (Å²) in [5, 5.41) is 9.27. The zero-order valence-corrected chi connectivity index (χ0v) is 12.7. The van der Waals surface area contributed by atoms with Gasteiger partial charge in [-0.15, -0.1) is 0 Å². The second kappa shape index (κ2) is 6.78. The summed E-state index contributed by atoms with van der Waals surface area (Å²) in [6.45, 7) is 0. The number of pyridine rings is 1. The number of carbonyl (C=O) groups is 1. The normalized spacial score (nSPS) is 10.2. The van der Waals surface area contributed by atoms with Crippen molar-refractivity contribution >= 4 is 17.4 Å². The molecular weight excluding hydrogens is 313 g/mol. The van der Waals surface area contributed by atoms with Gasteiger partial charge in [-0.1, -0.05) is 6.07 Å². The number of urea groups is 1. The Kier molecular flexibility index (Phi) is 4.37. The Labute approximate surface area is 137 Å². The topological polar surface area (TPSA) is 81.1 Å². The summed E-state index contributed by atoms with van der Waals surface area (Å²) in [5.74, 6) is 0.432. The first-order valence-electron chi connectivity index (χ1n) is 7.03. The van der Waals surface area contributed by atoms with Gasteiger partial charge in [-0.25, -0.2) is 18.9 Å². The maximum absolute atomic E-state index is 13.4. The number of benzene rings is 1. The van der Waals surface area contributed by atoms with Gasteiger partial charge < -0.3 is 15.4 Å². The molecule has 2 amide bonds. The van der Waals surface area contributed by atoms with E-state index >= 15 is 0 Å². The number of methoxy groups -OCH3 is 1. The number of halogens is 1. The zero-order chi connectivity index (χ0) is 16.9. The lowest BCUT2D eigenvalue weighted by atomic mass is 10.3. The molecule has 7 nitrogen and oxygen atoms in total. The van der Waals surface area contributed by atoms with Crippen LogP contribution in [0.15, 0.2) is 55.0 Å². The van der Waals surface area contributed by atoms with Crippen molar-refractivity contribution in [1.82, 2.24) is 14.8 Å². The maximum Gasteiger partial charge on any atom is 0.323 e. The second-order valence-corrected chi connectivity index (χ2v) is 4.82. The summed E-state index contributed by atoms with van der Waals surface area (Å²) in [6.07, 6.45) is 4.75. The molecule has 3 aromatic rings. The molecule has 8 heteroatoms. The van der Waals surface area contributed by atoms with E-state index in [1.165, 1.54) is 36.2 Å². The van der Waals surface area contributed by atoms with Crippen LogP contribution in [0.4, 0.5) is 20.6 Å². The third-order valence-electron chi connectivity index (χ3n) is 3.09. The molecule has 122 valence electrons. The largest absolute Gasteiger partial charge is 0.497 e. The van der Waals surface area contributed by atoms with Gasteiger partial charge in [-0.2, -0.15) is 5.10 Å². The third kappa shape index (κ3) is 3.67. The van der Waals surface area contributed by atoms with Crippen molar-refractivity contribution in [2.75, 3.05) is 17.7 Å². The fourth-order valence-electron chi connectivity index (χ4n) is 2.05. The number of amides is 2. The van der Waals surface area contributed by atoms with E-state index in [4.69, 9.17) is 4.74 Å². The van der Waals surface area contributed by atoms with Crippen LogP contribution >= 0.6 is 0 Å². The van der Waals surface area contributed by atoms with Gasteiger partial charge in [0.25, 0.3) is 0 Å². The Balaban J connectivity index is 1.67. The summed E-state index contributed by atoms with van der Waals surface area (Å²) < 4.78 is 19.9. The predicted octanol–water partition coefficient (Wildman–Crippen LogP) is 3.06. The van der Waals surface area contributed by atoms with Gasteiger partial charge in [-0.3, -0.25) is 0 Å². The molecule has 0 aliphatic heterocycles. The van der Waals surface area contributed by atoms with Crippen LogP contribution in [-0.4, -0.2) is 27.9 Å². The first-order valence-corrected chi connectivity index (χ1v) is 7.03. The molecule has 0 radical (unpaired) electrons. The molecule has 2 N–H and O–H groups in total. The molecule has 0 aliphatic carbocycles. The number of hydrogen-bond acceptors (Lipinski definition) is 4. The minimum absolute atomic E-state index is 0.279. The highest BCUT2D eigenvalue weighted by Crippen LogP contribution is 2.20. The van der Waals surface area contributed by atoms with Gasteiger partial charge in [0.1, 0.15) is 11.6 Å². The Morgan fingerprint density at radius 2 is 2.04 bits per heavy atom. The average Bonchev–Trinajstić information content (AvgIpc) is 3.03. The molecule has 0 aliphatic rings. The quantitative estimate of drug-likeness (QED) is 0.772. The molecule has 1 aromatic carbocycles. The molecule has 0 unspecified atom stereocenters. The zero-order valence-electron chi connectivity index (χ0n) is 12.7. The Bertz CT molecular complexity index is 851. The van der Waals surface area contributed by atoms with Crippen LogP contribution in [0.1, 0.15) is 0 Å². The molecule has 0 bridgehead atoms. The summed E-state index contributed by atoms with van der Waals surface area (Å²) >= 11 is 0. The van der Waals surface area contributed by atoms with E-state index in [2.05, 4.69) is 20.7 Å². The highest BCUT2D eigenvalue weighted by atomic mass is 19.1. The molecule has 2 heterocycles. The number of nitrogens with one attached hydrogen (secondary N) is 2. The first kappa shape index (κ1) is 15.5. The number of rotatable bonds is 4. The van der Waals surface area contributed by atoms with Crippen molar-refractivity contribution in [3.63, 3.8) is 0 Å². The SMILES string of the molecule is COc1cc(F)cc(NC(=O)Nc2cnn(-c3ccccn3)c2)c1. The molecule has 0 saturated carbocycles. The lowest BCUT2D eigenvalue weighted by Gasteiger charge is -2.08. The Hall–Kier alpha value is -3.42. The van der Waals surface area contributed by atoms with Crippen LogP contribution in [0.3, 0.4) is 0 Å². The van der Waals surface area contributed by atoms with Crippen molar-refractivity contribution in [2.45, 2.75) is 0 Å². The van der Waals surface area contributed by atoms with Crippen LogP contribution in [-0.2, 0) is 0 Å². The van der Waals surface area contributed by atoms with Gasteiger partial charge in [0.15, 0.2) is 5.82 Å². The second-order valence-electron chi connectivity index (χ2n) is 4.82. The van der Waals surface area contributed by atoms with E-state index in [0.717, 1.165) is 0 Å². The lowest BCUT2D eigenvalue weighted by Crippen LogP contribution is -2.19. The lowest BCUT2D eigenvalue weighted by molar-refractivity contribution is 0.262. The Morgan fingerprint density at radius 1 is 1.21 bits per heavy atom. The predicted molar refractivity (Wildman–Crippen MR) is 87.0 cm³/mol. The van der Waals surface area contributed by atoms with Crippen molar-refractivity contribution in [3.05, 3.63) is 60.8 Å². The van der Waals surface area contributed by atoms with Crippen molar-refractivity contribution < 1.29 is 13.9 Å². The number of aromatic nitrogens is 3. The number of anilines is 2. The standard InChI is InChI=1S/C16H14FN5O2/c1-24-14-7-11(17)6-12(8-14)20-16(23)21-13-9-19-22(10-13)15-4-2-3-5-18-15/h2-10H,1H3,(H2,20,21,23). The third-order valence-corrected chi connectivity index (χ3v) is 3.09. The fraction of sp³-hybridized carbons (Fsp3) is 0.0625. The Morgan fingerprint density at radius 3 is 2.79 bits per heavy atom. The van der Waals surface area contributed by atoms with Crippen LogP contribution in [0.2, 0.25) is 0 Å². The maximum atomic E-state index is 13.4.